The molecular formula is C15H19N5O. The van der Waals surface area contributed by atoms with Crippen molar-refractivity contribution in [1.29, 1.82) is 0 Å². The van der Waals surface area contributed by atoms with Crippen LogP contribution in [0.3, 0.4) is 0 Å². The summed E-state index contributed by atoms with van der Waals surface area (Å²) < 4.78 is 1.94. The van der Waals surface area contributed by atoms with Crippen LogP contribution < -0.4 is 4.90 Å². The molecule has 1 amide bonds. The minimum Gasteiger partial charge on any atom is -0.344 e. The minimum atomic E-state index is 0.0965. The molecule has 0 radical (unpaired) electrons. The molecule has 0 N–H and O–H groups in total. The third-order valence-electron chi connectivity index (χ3n) is 3.99. The molecule has 0 spiro atoms. The van der Waals surface area contributed by atoms with E-state index in [1.165, 1.54) is 0 Å². The Morgan fingerprint density at radius 2 is 1.76 bits per heavy atom. The number of anilines is 1. The molecule has 1 saturated heterocycles. The van der Waals surface area contributed by atoms with E-state index in [0.717, 1.165) is 30.4 Å². The van der Waals surface area contributed by atoms with Crippen molar-refractivity contribution in [2.45, 2.75) is 6.92 Å². The lowest BCUT2D eigenvalue weighted by molar-refractivity contribution is 0.0736. The summed E-state index contributed by atoms with van der Waals surface area (Å²) >= 11 is 0. The van der Waals surface area contributed by atoms with Crippen molar-refractivity contribution in [3.63, 3.8) is 0 Å². The molecule has 0 unspecified atom stereocenters. The molecule has 6 heteroatoms. The second-order valence-corrected chi connectivity index (χ2v) is 5.25. The van der Waals surface area contributed by atoms with Crippen LogP contribution in [0.2, 0.25) is 0 Å². The summed E-state index contributed by atoms with van der Waals surface area (Å²) in [5, 5.41) is 0. The Labute approximate surface area is 124 Å². The first-order valence-corrected chi connectivity index (χ1v) is 7.10. The first-order valence-electron chi connectivity index (χ1n) is 7.10. The van der Waals surface area contributed by atoms with Gasteiger partial charge in [-0.3, -0.25) is 4.79 Å². The number of rotatable bonds is 2. The van der Waals surface area contributed by atoms with Crippen molar-refractivity contribution in [1.82, 2.24) is 19.4 Å². The van der Waals surface area contributed by atoms with Crippen molar-refractivity contribution < 1.29 is 4.79 Å². The highest BCUT2D eigenvalue weighted by Gasteiger charge is 2.24. The van der Waals surface area contributed by atoms with Crippen LogP contribution in [0.5, 0.6) is 0 Å². The van der Waals surface area contributed by atoms with Crippen molar-refractivity contribution in [3.8, 4) is 0 Å². The molecule has 3 rings (SSSR count). The van der Waals surface area contributed by atoms with E-state index in [9.17, 15) is 4.79 Å². The molecule has 2 aromatic rings. The largest absolute Gasteiger partial charge is 0.344 e. The molecule has 0 saturated carbocycles. The van der Waals surface area contributed by atoms with Gasteiger partial charge in [-0.15, -0.1) is 0 Å². The van der Waals surface area contributed by atoms with Crippen LogP contribution in [0, 0.1) is 6.92 Å². The van der Waals surface area contributed by atoms with E-state index in [-0.39, 0.29) is 5.91 Å². The fourth-order valence-corrected chi connectivity index (χ4v) is 2.55. The summed E-state index contributed by atoms with van der Waals surface area (Å²) in [6, 6.07) is 5.67. The maximum atomic E-state index is 12.5. The number of carbonyl (C=O) groups is 1. The van der Waals surface area contributed by atoms with Gasteiger partial charge in [-0.1, -0.05) is 0 Å². The summed E-state index contributed by atoms with van der Waals surface area (Å²) in [5.74, 6) is 0.832. The maximum absolute atomic E-state index is 12.5. The molecule has 1 fully saturated rings. The Bertz CT molecular complexity index is 629. The third-order valence-corrected chi connectivity index (χ3v) is 3.99. The summed E-state index contributed by atoms with van der Waals surface area (Å²) in [7, 11) is 1.93. The van der Waals surface area contributed by atoms with Crippen molar-refractivity contribution in [3.05, 3.63) is 42.0 Å². The highest BCUT2D eigenvalue weighted by atomic mass is 16.2. The summed E-state index contributed by atoms with van der Waals surface area (Å²) in [5.41, 5.74) is 1.84. The lowest BCUT2D eigenvalue weighted by atomic mass is 10.3. The third kappa shape index (κ3) is 2.61. The van der Waals surface area contributed by atoms with Gasteiger partial charge in [-0.2, -0.15) is 0 Å². The average molecular weight is 285 g/mol. The van der Waals surface area contributed by atoms with Crippen LogP contribution in [0.15, 0.2) is 30.6 Å². The number of aromatic nitrogens is 3. The summed E-state index contributed by atoms with van der Waals surface area (Å²) in [6.45, 7) is 4.92. The number of hydrogen-bond acceptors (Lipinski definition) is 4. The Morgan fingerprint density at radius 1 is 1.10 bits per heavy atom. The van der Waals surface area contributed by atoms with Crippen LogP contribution in [-0.4, -0.2) is 51.5 Å². The number of amides is 1. The molecule has 110 valence electrons. The average Bonchev–Trinajstić information content (AvgIpc) is 2.87. The second kappa shape index (κ2) is 5.55. The molecule has 2 aromatic heterocycles. The first-order chi connectivity index (χ1) is 10.2. The predicted molar refractivity (Wildman–Crippen MR) is 80.3 cm³/mol. The second-order valence-electron chi connectivity index (χ2n) is 5.25. The molecule has 0 aliphatic carbocycles. The SMILES string of the molecule is Cc1ccc(C(=O)N2CCN(c3ncccn3)CC2)n1C. The molecule has 1 aliphatic rings. The van der Waals surface area contributed by atoms with Gasteiger partial charge in [-0.25, -0.2) is 9.97 Å². The van der Waals surface area contributed by atoms with Crippen molar-refractivity contribution in [2.75, 3.05) is 31.1 Å². The van der Waals surface area contributed by atoms with E-state index in [1.807, 2.05) is 35.6 Å². The molecule has 0 bridgehead atoms. The zero-order chi connectivity index (χ0) is 14.8. The van der Waals surface area contributed by atoms with Gasteiger partial charge in [0.15, 0.2) is 0 Å². The number of piperazine rings is 1. The van der Waals surface area contributed by atoms with E-state index < -0.39 is 0 Å². The Balaban J connectivity index is 1.66. The zero-order valence-corrected chi connectivity index (χ0v) is 12.4. The summed E-state index contributed by atoms with van der Waals surface area (Å²) in [6.07, 6.45) is 3.49. The van der Waals surface area contributed by atoms with E-state index in [0.29, 0.717) is 13.1 Å². The summed E-state index contributed by atoms with van der Waals surface area (Å²) in [4.78, 5) is 25.1. The van der Waals surface area contributed by atoms with E-state index in [1.54, 1.807) is 18.5 Å². The van der Waals surface area contributed by atoms with Gasteiger partial charge >= 0.3 is 0 Å². The maximum Gasteiger partial charge on any atom is 0.270 e. The lowest BCUT2D eigenvalue weighted by Gasteiger charge is -2.34. The smallest absolute Gasteiger partial charge is 0.270 e. The predicted octanol–water partition coefficient (Wildman–Crippen LogP) is 1.09. The van der Waals surface area contributed by atoms with Crippen LogP contribution in [0.4, 0.5) is 5.95 Å². The molecule has 0 aromatic carbocycles. The number of aryl methyl sites for hydroxylation is 1. The first kappa shape index (κ1) is 13.6. The van der Waals surface area contributed by atoms with Crippen molar-refractivity contribution in [2.24, 2.45) is 7.05 Å². The van der Waals surface area contributed by atoms with Gasteiger partial charge < -0.3 is 14.4 Å². The highest BCUT2D eigenvalue weighted by Crippen LogP contribution is 2.14. The number of carbonyl (C=O) groups excluding carboxylic acids is 1. The monoisotopic (exact) mass is 285 g/mol. The number of nitrogens with zero attached hydrogens (tertiary/aromatic N) is 5. The van der Waals surface area contributed by atoms with E-state index in [4.69, 9.17) is 0 Å². The minimum absolute atomic E-state index is 0.0965. The standard InChI is InChI=1S/C15H19N5O/c1-12-4-5-13(18(12)2)14(21)19-8-10-20(11-9-19)15-16-6-3-7-17-15/h3-7H,8-11H2,1-2H3. The lowest BCUT2D eigenvalue weighted by Crippen LogP contribution is -2.49. The van der Waals surface area contributed by atoms with Crippen LogP contribution in [-0.2, 0) is 7.05 Å². The molecular weight excluding hydrogens is 266 g/mol. The highest BCUT2D eigenvalue weighted by molar-refractivity contribution is 5.93. The Morgan fingerprint density at radius 3 is 2.33 bits per heavy atom. The van der Waals surface area contributed by atoms with Gasteiger partial charge in [0.05, 0.1) is 0 Å². The molecule has 0 atom stereocenters. The van der Waals surface area contributed by atoms with Gasteiger partial charge in [0, 0.05) is 51.3 Å². The van der Waals surface area contributed by atoms with Crippen LogP contribution in [0.25, 0.3) is 0 Å². The molecule has 3 heterocycles. The van der Waals surface area contributed by atoms with Crippen LogP contribution >= 0.6 is 0 Å². The fourth-order valence-electron chi connectivity index (χ4n) is 2.55. The van der Waals surface area contributed by atoms with Crippen LogP contribution in [0.1, 0.15) is 16.2 Å². The molecule has 21 heavy (non-hydrogen) atoms. The zero-order valence-electron chi connectivity index (χ0n) is 12.4. The topological polar surface area (TPSA) is 54.3 Å². The fraction of sp³-hybridized carbons (Fsp3) is 0.400. The van der Waals surface area contributed by atoms with Gasteiger partial charge in [-0.05, 0) is 25.1 Å². The Hall–Kier alpha value is -2.37. The van der Waals surface area contributed by atoms with E-state index >= 15 is 0 Å². The molecule has 1 aliphatic heterocycles. The van der Waals surface area contributed by atoms with E-state index in [2.05, 4.69) is 14.9 Å². The van der Waals surface area contributed by atoms with Gasteiger partial charge in [0.25, 0.3) is 5.91 Å². The molecule has 6 nitrogen and oxygen atoms in total. The Kier molecular flexibility index (Phi) is 3.60. The van der Waals surface area contributed by atoms with Gasteiger partial charge in [0.2, 0.25) is 5.95 Å². The van der Waals surface area contributed by atoms with Gasteiger partial charge in [0.1, 0.15) is 5.69 Å². The number of hydrogen-bond donors (Lipinski definition) is 0. The quantitative estimate of drug-likeness (QED) is 0.829. The van der Waals surface area contributed by atoms with Crippen molar-refractivity contribution >= 4 is 11.9 Å². The normalized spacial score (nSPS) is 15.3.